The lowest BCUT2D eigenvalue weighted by molar-refractivity contribution is 0.0882. The summed E-state index contributed by atoms with van der Waals surface area (Å²) in [5, 5.41) is 13.0. The van der Waals surface area contributed by atoms with Gasteiger partial charge < -0.3 is 20.9 Å². The quantitative estimate of drug-likeness (QED) is 0.529. The molecule has 0 amide bonds. The molecular weight excluding hydrogens is 345 g/mol. The van der Waals surface area contributed by atoms with Crippen molar-refractivity contribution in [1.82, 2.24) is 4.90 Å². The summed E-state index contributed by atoms with van der Waals surface area (Å²) in [6.07, 6.45) is 1.93. The minimum absolute atomic E-state index is 0.0548. The van der Waals surface area contributed by atoms with Gasteiger partial charge >= 0.3 is 0 Å². The third-order valence-corrected chi connectivity index (χ3v) is 4.98. The number of phenols is 1. The number of likely N-dealkylation sites (tertiary alicyclic amines) is 1. The first-order valence-corrected chi connectivity index (χ1v) is 9.13. The minimum Gasteiger partial charge on any atom is -0.506 e. The van der Waals surface area contributed by atoms with Crippen molar-refractivity contribution in [1.29, 1.82) is 0 Å². The van der Waals surface area contributed by atoms with Gasteiger partial charge in [-0.05, 0) is 56.2 Å². The average Bonchev–Trinajstić information content (AvgIpc) is 2.66. The lowest BCUT2D eigenvalue weighted by atomic mass is 10.0. The van der Waals surface area contributed by atoms with Crippen LogP contribution in [0.2, 0.25) is 0 Å². The number of piperidine rings is 1. The van der Waals surface area contributed by atoms with Crippen molar-refractivity contribution in [3.63, 3.8) is 0 Å². The Kier molecular flexibility index (Phi) is 5.86. The molecule has 6 heteroatoms. The van der Waals surface area contributed by atoms with Gasteiger partial charge in [-0.3, -0.25) is 4.90 Å². The zero-order valence-corrected chi connectivity index (χ0v) is 15.5. The van der Waals surface area contributed by atoms with Gasteiger partial charge in [-0.25, -0.2) is 4.39 Å². The number of nitrogens with one attached hydrogen (secondary N) is 1. The Morgan fingerprint density at radius 3 is 2.56 bits per heavy atom. The van der Waals surface area contributed by atoms with Crippen LogP contribution < -0.4 is 15.8 Å². The van der Waals surface area contributed by atoms with Crippen LogP contribution in [-0.4, -0.2) is 35.2 Å². The fraction of sp³-hybridized carbons (Fsp3) is 0.333. The molecule has 0 saturated carbocycles. The van der Waals surface area contributed by atoms with Crippen LogP contribution in [0.1, 0.15) is 19.8 Å². The molecule has 1 saturated heterocycles. The highest BCUT2D eigenvalue weighted by Gasteiger charge is 2.25. The number of aromatic hydroxyl groups is 1. The van der Waals surface area contributed by atoms with Gasteiger partial charge in [-0.1, -0.05) is 6.58 Å². The highest BCUT2D eigenvalue weighted by Crippen LogP contribution is 2.26. The van der Waals surface area contributed by atoms with Crippen LogP contribution in [0, 0.1) is 5.82 Å². The normalized spacial score (nSPS) is 16.7. The van der Waals surface area contributed by atoms with Crippen LogP contribution in [0.25, 0.3) is 0 Å². The summed E-state index contributed by atoms with van der Waals surface area (Å²) in [6, 6.07) is 11.4. The predicted molar refractivity (Wildman–Crippen MR) is 106 cm³/mol. The number of nitrogens with two attached hydrogens (primary N) is 1. The van der Waals surface area contributed by atoms with Gasteiger partial charge in [0.2, 0.25) is 0 Å². The fourth-order valence-corrected chi connectivity index (χ4v) is 3.22. The number of phenolic OH excluding ortho intramolecular Hbond substituents is 1. The van der Waals surface area contributed by atoms with Gasteiger partial charge in [0.15, 0.2) is 0 Å². The molecule has 0 radical (unpaired) electrons. The van der Waals surface area contributed by atoms with Crippen LogP contribution in [0.4, 0.5) is 15.8 Å². The zero-order valence-electron chi connectivity index (χ0n) is 15.5. The number of rotatable bonds is 6. The van der Waals surface area contributed by atoms with E-state index >= 15 is 0 Å². The average molecular weight is 371 g/mol. The van der Waals surface area contributed by atoms with Gasteiger partial charge in [0, 0.05) is 36.6 Å². The monoisotopic (exact) mass is 371 g/mol. The van der Waals surface area contributed by atoms with E-state index < -0.39 is 0 Å². The summed E-state index contributed by atoms with van der Waals surface area (Å²) in [5.41, 5.74) is 7.60. The Labute approximate surface area is 159 Å². The molecule has 0 bridgehead atoms. The van der Waals surface area contributed by atoms with Crippen molar-refractivity contribution < 1.29 is 14.2 Å². The molecule has 3 rings (SSSR count). The van der Waals surface area contributed by atoms with Gasteiger partial charge in [-0.2, -0.15) is 0 Å². The van der Waals surface area contributed by atoms with Crippen LogP contribution in [0.3, 0.4) is 0 Å². The lowest BCUT2D eigenvalue weighted by Gasteiger charge is -2.37. The third-order valence-electron chi connectivity index (χ3n) is 4.98. The van der Waals surface area contributed by atoms with E-state index in [1.165, 1.54) is 12.1 Å². The summed E-state index contributed by atoms with van der Waals surface area (Å²) in [5.74, 6) is 0.503. The number of anilines is 2. The zero-order chi connectivity index (χ0) is 19.4. The smallest absolute Gasteiger partial charge is 0.140 e. The van der Waals surface area contributed by atoms with E-state index in [2.05, 4.69) is 23.7 Å². The van der Waals surface area contributed by atoms with Crippen molar-refractivity contribution in [3.05, 3.63) is 60.6 Å². The van der Waals surface area contributed by atoms with Crippen LogP contribution in [0.5, 0.6) is 11.5 Å². The second-order valence-corrected chi connectivity index (χ2v) is 6.91. The second kappa shape index (κ2) is 8.31. The standard InChI is InChI=1S/C21H26FN3O2/c1-14(24-17-5-8-20(23)21(26)13-17)15(2)25-11-9-19(10-12-25)27-18-6-3-16(22)4-7-18/h3-8,13,15,19,24,26H,1,9-12,23H2,2H3. The lowest BCUT2D eigenvalue weighted by Crippen LogP contribution is -2.44. The third kappa shape index (κ3) is 4.92. The maximum atomic E-state index is 13.0. The van der Waals surface area contributed by atoms with E-state index in [1.54, 1.807) is 24.3 Å². The fourth-order valence-electron chi connectivity index (χ4n) is 3.22. The molecule has 0 aliphatic carbocycles. The largest absolute Gasteiger partial charge is 0.506 e. The first-order valence-electron chi connectivity index (χ1n) is 9.13. The molecule has 2 aromatic carbocycles. The maximum absolute atomic E-state index is 13.0. The SMILES string of the molecule is C=C(Nc1ccc(N)c(O)c1)C(C)N1CCC(Oc2ccc(F)cc2)CC1. The molecule has 1 atom stereocenters. The van der Waals surface area contributed by atoms with Crippen molar-refractivity contribution in [2.75, 3.05) is 24.1 Å². The number of hydrogen-bond donors (Lipinski definition) is 3. The molecule has 5 nitrogen and oxygen atoms in total. The van der Waals surface area contributed by atoms with E-state index in [-0.39, 0.29) is 23.7 Å². The van der Waals surface area contributed by atoms with Crippen molar-refractivity contribution in [2.24, 2.45) is 0 Å². The molecule has 0 aromatic heterocycles. The molecule has 1 aliphatic rings. The van der Waals surface area contributed by atoms with E-state index in [1.807, 2.05) is 6.07 Å². The number of nitrogens with zero attached hydrogens (tertiary/aromatic N) is 1. The number of nitrogen functional groups attached to an aromatic ring is 1. The number of halogens is 1. The first-order chi connectivity index (χ1) is 12.9. The summed E-state index contributed by atoms with van der Waals surface area (Å²) >= 11 is 0. The molecule has 0 spiro atoms. The molecule has 144 valence electrons. The predicted octanol–water partition coefficient (Wildman–Crippen LogP) is 3.97. The van der Waals surface area contributed by atoms with Crippen LogP contribution in [-0.2, 0) is 0 Å². The first kappa shape index (κ1) is 19.0. The van der Waals surface area contributed by atoms with Crippen LogP contribution >= 0.6 is 0 Å². The Bertz CT molecular complexity index is 787. The molecule has 1 aliphatic heterocycles. The highest BCUT2D eigenvalue weighted by atomic mass is 19.1. The van der Waals surface area contributed by atoms with Crippen LogP contribution in [0.15, 0.2) is 54.7 Å². The molecule has 1 unspecified atom stereocenters. The summed E-state index contributed by atoms with van der Waals surface area (Å²) in [4.78, 5) is 2.34. The summed E-state index contributed by atoms with van der Waals surface area (Å²) in [7, 11) is 0. The minimum atomic E-state index is -0.258. The number of hydrogen-bond acceptors (Lipinski definition) is 5. The summed E-state index contributed by atoms with van der Waals surface area (Å²) in [6.45, 7) is 8.02. The maximum Gasteiger partial charge on any atom is 0.140 e. The Hall–Kier alpha value is -2.73. The van der Waals surface area contributed by atoms with E-state index in [4.69, 9.17) is 10.5 Å². The van der Waals surface area contributed by atoms with Gasteiger partial charge in [0.05, 0.1) is 5.69 Å². The molecule has 4 N–H and O–H groups in total. The van der Waals surface area contributed by atoms with Gasteiger partial charge in [0.1, 0.15) is 23.4 Å². The molecular formula is C21H26FN3O2. The molecule has 2 aromatic rings. The van der Waals surface area contributed by atoms with Gasteiger partial charge in [-0.15, -0.1) is 0 Å². The Morgan fingerprint density at radius 1 is 1.26 bits per heavy atom. The Balaban J connectivity index is 1.49. The Morgan fingerprint density at radius 2 is 1.93 bits per heavy atom. The molecule has 1 fully saturated rings. The van der Waals surface area contributed by atoms with Crippen molar-refractivity contribution in [2.45, 2.75) is 31.9 Å². The van der Waals surface area contributed by atoms with Gasteiger partial charge in [0.25, 0.3) is 0 Å². The van der Waals surface area contributed by atoms with Crippen molar-refractivity contribution in [3.8, 4) is 11.5 Å². The summed E-state index contributed by atoms with van der Waals surface area (Å²) < 4.78 is 18.9. The molecule has 27 heavy (non-hydrogen) atoms. The number of ether oxygens (including phenoxy) is 1. The van der Waals surface area contributed by atoms with E-state index in [0.717, 1.165) is 37.3 Å². The van der Waals surface area contributed by atoms with E-state index in [9.17, 15) is 9.50 Å². The topological polar surface area (TPSA) is 70.8 Å². The van der Waals surface area contributed by atoms with Crippen molar-refractivity contribution >= 4 is 11.4 Å². The second-order valence-electron chi connectivity index (χ2n) is 6.91. The number of benzene rings is 2. The molecule has 1 heterocycles. The van der Waals surface area contributed by atoms with E-state index in [0.29, 0.717) is 11.4 Å². The highest BCUT2D eigenvalue weighted by molar-refractivity contribution is 5.62.